The van der Waals surface area contributed by atoms with Crippen LogP contribution in [0.25, 0.3) is 11.4 Å². The lowest BCUT2D eigenvalue weighted by molar-refractivity contribution is -0.140. The average Bonchev–Trinajstić information content (AvgIpc) is 3.76. The Morgan fingerprint density at radius 2 is 1.46 bits per heavy atom. The number of nitrogens with zero attached hydrogens (tertiary/aromatic N) is 2. The lowest BCUT2D eigenvalue weighted by Gasteiger charge is -2.27. The van der Waals surface area contributed by atoms with Gasteiger partial charge in [0.15, 0.2) is 5.82 Å². The predicted octanol–water partition coefficient (Wildman–Crippen LogP) is 9.12. The molecule has 37 heavy (non-hydrogen) atoms. The second kappa shape index (κ2) is 15.2. The van der Waals surface area contributed by atoms with E-state index in [1.165, 1.54) is 77.0 Å². The minimum absolute atomic E-state index is 0.0106. The van der Waals surface area contributed by atoms with E-state index >= 15 is 0 Å². The van der Waals surface area contributed by atoms with Gasteiger partial charge in [-0.2, -0.15) is 0 Å². The van der Waals surface area contributed by atoms with Gasteiger partial charge in [-0.25, -0.2) is 9.97 Å². The summed E-state index contributed by atoms with van der Waals surface area (Å²) in [7, 11) is 0. The van der Waals surface area contributed by atoms with Crippen LogP contribution in [0.1, 0.15) is 122 Å². The minimum Gasteiger partial charge on any atom is -0.426 e. The number of rotatable bonds is 16. The fourth-order valence-electron chi connectivity index (χ4n) is 5.82. The van der Waals surface area contributed by atoms with Crippen molar-refractivity contribution in [1.29, 1.82) is 0 Å². The van der Waals surface area contributed by atoms with Crippen molar-refractivity contribution in [3.8, 4) is 17.1 Å². The zero-order chi connectivity index (χ0) is 25.7. The maximum Gasteiger partial charge on any atom is 0.314 e. The van der Waals surface area contributed by atoms with Crippen LogP contribution in [-0.4, -0.2) is 15.9 Å². The van der Waals surface area contributed by atoms with Crippen molar-refractivity contribution >= 4 is 5.97 Å². The van der Waals surface area contributed by atoms with E-state index in [0.29, 0.717) is 11.6 Å². The number of esters is 1. The maximum absolute atomic E-state index is 13.0. The average molecular weight is 505 g/mol. The molecule has 4 rings (SSSR count). The summed E-state index contributed by atoms with van der Waals surface area (Å²) >= 11 is 0. The second-order valence-corrected chi connectivity index (χ2v) is 11.6. The molecule has 0 N–H and O–H groups in total. The van der Waals surface area contributed by atoms with Crippen LogP contribution in [0.4, 0.5) is 0 Å². The van der Waals surface area contributed by atoms with Crippen LogP contribution >= 0.6 is 0 Å². The molecule has 2 aromatic rings. The maximum atomic E-state index is 13.0. The molecule has 0 unspecified atom stereocenters. The zero-order valence-corrected chi connectivity index (χ0v) is 23.1. The molecule has 2 aliphatic carbocycles. The molecule has 1 aromatic carbocycles. The van der Waals surface area contributed by atoms with Crippen LogP contribution in [0.5, 0.6) is 5.75 Å². The van der Waals surface area contributed by atoms with Crippen LogP contribution in [0.3, 0.4) is 0 Å². The number of aromatic nitrogens is 2. The number of unbranched alkanes of at least 4 members (excludes halogenated alkanes) is 7. The summed E-state index contributed by atoms with van der Waals surface area (Å²) in [5, 5.41) is 0. The van der Waals surface area contributed by atoms with Crippen LogP contribution < -0.4 is 4.74 Å². The van der Waals surface area contributed by atoms with E-state index in [2.05, 4.69) is 11.9 Å². The Kier molecular flexibility index (Phi) is 11.5. The highest BCUT2D eigenvalue weighted by atomic mass is 16.5. The fourth-order valence-corrected chi connectivity index (χ4v) is 5.82. The molecule has 202 valence electrons. The Hall–Kier alpha value is -2.23. The molecular formula is C33H48N2O2. The quantitative estimate of drug-likeness (QED) is 0.130. The van der Waals surface area contributed by atoms with Crippen molar-refractivity contribution in [2.45, 2.75) is 122 Å². The number of hydrogen-bond acceptors (Lipinski definition) is 4. The molecule has 0 bridgehead atoms. The van der Waals surface area contributed by atoms with E-state index in [1.54, 1.807) is 0 Å². The van der Waals surface area contributed by atoms with Gasteiger partial charge in [0.1, 0.15) is 5.75 Å². The first-order valence-corrected chi connectivity index (χ1v) is 15.4. The molecule has 4 heteroatoms. The highest BCUT2D eigenvalue weighted by Crippen LogP contribution is 2.35. The van der Waals surface area contributed by atoms with Gasteiger partial charge >= 0.3 is 5.97 Å². The molecule has 0 saturated heterocycles. The normalized spacial score (nSPS) is 19.6. The third-order valence-electron chi connectivity index (χ3n) is 8.44. The predicted molar refractivity (Wildman–Crippen MR) is 151 cm³/mol. The minimum atomic E-state index is -0.0901. The number of carbonyl (C=O) groups is 1. The Bertz CT molecular complexity index is 947. The molecule has 2 saturated carbocycles. The smallest absolute Gasteiger partial charge is 0.314 e. The lowest BCUT2D eigenvalue weighted by Crippen LogP contribution is -2.26. The molecule has 0 spiro atoms. The number of ether oxygens (including phenoxy) is 1. The SMILES string of the molecule is CCCCCC1CCC(C(=O)Oc2ccccc2-c2nccc(CCCCCCCCC3CC3)n2)CC1. The van der Waals surface area contributed by atoms with Crippen LogP contribution in [0.15, 0.2) is 36.5 Å². The zero-order valence-electron chi connectivity index (χ0n) is 23.1. The van der Waals surface area contributed by atoms with Gasteiger partial charge in [-0.1, -0.05) is 96.1 Å². The summed E-state index contributed by atoms with van der Waals surface area (Å²) in [6.07, 6.45) is 24.6. The number of carbonyl (C=O) groups excluding carboxylic acids is 1. The van der Waals surface area contributed by atoms with E-state index in [0.717, 1.165) is 61.6 Å². The van der Waals surface area contributed by atoms with E-state index in [9.17, 15) is 4.79 Å². The Balaban J connectivity index is 1.23. The molecule has 2 aliphatic rings. The summed E-state index contributed by atoms with van der Waals surface area (Å²) in [6, 6.07) is 9.75. The largest absolute Gasteiger partial charge is 0.426 e. The molecule has 0 amide bonds. The first-order valence-electron chi connectivity index (χ1n) is 15.4. The third-order valence-corrected chi connectivity index (χ3v) is 8.44. The fraction of sp³-hybridized carbons (Fsp3) is 0.667. The molecule has 0 atom stereocenters. The van der Waals surface area contributed by atoms with Gasteiger partial charge in [-0.05, 0) is 68.6 Å². The van der Waals surface area contributed by atoms with Crippen LogP contribution in [0.2, 0.25) is 0 Å². The van der Waals surface area contributed by atoms with Crippen molar-refractivity contribution in [3.63, 3.8) is 0 Å². The molecule has 2 fully saturated rings. The summed E-state index contributed by atoms with van der Waals surface area (Å²) in [5.41, 5.74) is 1.88. The summed E-state index contributed by atoms with van der Waals surface area (Å²) in [5.74, 6) is 3.01. The van der Waals surface area contributed by atoms with Crippen LogP contribution in [0, 0.1) is 17.8 Å². The first kappa shape index (κ1) is 27.8. The summed E-state index contributed by atoms with van der Waals surface area (Å²) in [6.45, 7) is 2.26. The Morgan fingerprint density at radius 3 is 2.19 bits per heavy atom. The van der Waals surface area contributed by atoms with Crippen molar-refractivity contribution in [2.24, 2.45) is 17.8 Å². The van der Waals surface area contributed by atoms with Gasteiger partial charge in [0.05, 0.1) is 11.5 Å². The van der Waals surface area contributed by atoms with E-state index in [4.69, 9.17) is 9.72 Å². The number of benzene rings is 1. The summed E-state index contributed by atoms with van der Waals surface area (Å²) < 4.78 is 5.96. The van der Waals surface area contributed by atoms with Crippen LogP contribution in [-0.2, 0) is 11.2 Å². The highest BCUT2D eigenvalue weighted by molar-refractivity contribution is 5.78. The summed E-state index contributed by atoms with van der Waals surface area (Å²) in [4.78, 5) is 22.4. The van der Waals surface area contributed by atoms with Gasteiger partial charge < -0.3 is 4.74 Å². The molecule has 1 heterocycles. The van der Waals surface area contributed by atoms with Crippen molar-refractivity contribution in [1.82, 2.24) is 9.97 Å². The van der Waals surface area contributed by atoms with Crippen molar-refractivity contribution < 1.29 is 9.53 Å². The molecule has 1 aromatic heterocycles. The van der Waals surface area contributed by atoms with E-state index in [1.807, 2.05) is 36.5 Å². The number of aryl methyl sites for hydroxylation is 1. The molecule has 4 nitrogen and oxygen atoms in total. The van der Waals surface area contributed by atoms with Gasteiger partial charge in [-0.3, -0.25) is 4.79 Å². The number of para-hydroxylation sites is 1. The number of hydrogen-bond donors (Lipinski definition) is 0. The van der Waals surface area contributed by atoms with Gasteiger partial charge in [-0.15, -0.1) is 0 Å². The topological polar surface area (TPSA) is 52.1 Å². The standard InChI is InChI=1S/C33H48N2O2/c1-2-3-8-13-27-20-22-28(23-21-27)33(36)37-31-17-12-11-16-30(31)32-34-25-24-29(35-32)15-10-7-5-4-6-9-14-26-18-19-26/h11-12,16-17,24-28H,2-10,13-15,18-23H2,1H3. The molecular weight excluding hydrogens is 456 g/mol. The molecule has 0 radical (unpaired) electrons. The van der Waals surface area contributed by atoms with Gasteiger partial charge in [0.2, 0.25) is 0 Å². The Morgan fingerprint density at radius 1 is 0.811 bits per heavy atom. The van der Waals surface area contributed by atoms with E-state index in [-0.39, 0.29) is 11.9 Å². The molecule has 0 aliphatic heterocycles. The third kappa shape index (κ3) is 9.54. The van der Waals surface area contributed by atoms with Gasteiger partial charge in [0, 0.05) is 11.9 Å². The van der Waals surface area contributed by atoms with Gasteiger partial charge in [0.25, 0.3) is 0 Å². The second-order valence-electron chi connectivity index (χ2n) is 11.6. The highest BCUT2D eigenvalue weighted by Gasteiger charge is 2.28. The van der Waals surface area contributed by atoms with Crippen molar-refractivity contribution in [3.05, 3.63) is 42.2 Å². The monoisotopic (exact) mass is 504 g/mol. The first-order chi connectivity index (χ1) is 18.2. The van der Waals surface area contributed by atoms with E-state index < -0.39 is 0 Å². The Labute approximate surface area is 225 Å². The lowest BCUT2D eigenvalue weighted by atomic mass is 9.80. The van der Waals surface area contributed by atoms with Crippen molar-refractivity contribution in [2.75, 3.05) is 0 Å².